The lowest BCUT2D eigenvalue weighted by Gasteiger charge is -1.92. The highest BCUT2D eigenvalue weighted by Gasteiger charge is 2.10. The first-order valence-corrected chi connectivity index (χ1v) is 7.18. The number of nitrogens with zero attached hydrogens (tertiary/aromatic N) is 2. The van der Waals surface area contributed by atoms with Gasteiger partial charge in [-0.2, -0.15) is 0 Å². The van der Waals surface area contributed by atoms with E-state index in [4.69, 9.17) is 0 Å². The van der Waals surface area contributed by atoms with E-state index in [0.717, 1.165) is 20.3 Å². The van der Waals surface area contributed by atoms with Crippen LogP contribution in [-0.2, 0) is 0 Å². The molecule has 0 fully saturated rings. The van der Waals surface area contributed by atoms with E-state index in [-0.39, 0.29) is 10.6 Å². The Balaban J connectivity index is 2.21. The zero-order chi connectivity index (χ0) is 12.3. The Morgan fingerprint density at radius 1 is 1.53 bits per heavy atom. The molecular weight excluding hydrogens is 256 g/mol. The third-order valence-electron chi connectivity index (χ3n) is 2.29. The maximum atomic E-state index is 10.6. The summed E-state index contributed by atoms with van der Waals surface area (Å²) < 4.78 is 1.88. The number of unbranched alkanes of at least 4 members (excludes halogenated alkanes) is 1. The van der Waals surface area contributed by atoms with Crippen molar-refractivity contribution in [2.24, 2.45) is 0 Å². The van der Waals surface area contributed by atoms with Gasteiger partial charge in [0.25, 0.3) is 5.69 Å². The van der Waals surface area contributed by atoms with Crippen molar-refractivity contribution in [1.29, 1.82) is 0 Å². The van der Waals surface area contributed by atoms with Gasteiger partial charge in [0.05, 0.1) is 15.1 Å². The number of thioether (sulfide) groups is 1. The zero-order valence-corrected chi connectivity index (χ0v) is 11.0. The predicted molar refractivity (Wildman–Crippen MR) is 71.9 cm³/mol. The molecule has 0 amide bonds. The summed E-state index contributed by atoms with van der Waals surface area (Å²) in [7, 11) is 0. The molecule has 0 N–H and O–H groups in total. The molecule has 0 unspecified atom stereocenters. The molecule has 0 spiro atoms. The highest BCUT2D eigenvalue weighted by Crippen LogP contribution is 2.32. The van der Waals surface area contributed by atoms with Crippen LogP contribution in [0.1, 0.15) is 19.8 Å². The van der Waals surface area contributed by atoms with Crippen molar-refractivity contribution in [1.82, 2.24) is 4.98 Å². The molecule has 2 rings (SSSR count). The van der Waals surface area contributed by atoms with Crippen LogP contribution in [0.5, 0.6) is 0 Å². The standard InChI is InChI=1S/C11H12N2O2S2/c1-2-3-6-16-11-12-9-5-4-8(13(14)15)7-10(9)17-11/h4-5,7H,2-3,6H2,1H3. The fraction of sp³-hybridized carbons (Fsp3) is 0.364. The number of aromatic nitrogens is 1. The highest BCUT2D eigenvalue weighted by molar-refractivity contribution is 8.01. The lowest BCUT2D eigenvalue weighted by atomic mass is 10.3. The number of thiazole rings is 1. The quantitative estimate of drug-likeness (QED) is 0.354. The molecule has 90 valence electrons. The van der Waals surface area contributed by atoms with Gasteiger partial charge < -0.3 is 0 Å². The maximum absolute atomic E-state index is 10.6. The van der Waals surface area contributed by atoms with E-state index in [0.29, 0.717) is 0 Å². The van der Waals surface area contributed by atoms with Gasteiger partial charge >= 0.3 is 0 Å². The first kappa shape index (κ1) is 12.3. The molecule has 0 saturated heterocycles. The van der Waals surface area contributed by atoms with E-state index >= 15 is 0 Å². The van der Waals surface area contributed by atoms with Crippen LogP contribution in [0.4, 0.5) is 5.69 Å². The van der Waals surface area contributed by atoms with Crippen molar-refractivity contribution in [3.63, 3.8) is 0 Å². The van der Waals surface area contributed by atoms with Gasteiger partial charge in [0.15, 0.2) is 4.34 Å². The number of nitro benzene ring substituents is 1. The Labute approximate surface area is 107 Å². The van der Waals surface area contributed by atoms with Crippen LogP contribution in [0.15, 0.2) is 22.5 Å². The van der Waals surface area contributed by atoms with E-state index in [1.165, 1.54) is 30.2 Å². The number of benzene rings is 1. The molecule has 0 bridgehead atoms. The van der Waals surface area contributed by atoms with Gasteiger partial charge in [-0.1, -0.05) is 25.1 Å². The van der Waals surface area contributed by atoms with E-state index in [1.807, 2.05) is 0 Å². The Kier molecular flexibility index (Phi) is 3.96. The summed E-state index contributed by atoms with van der Waals surface area (Å²) in [5, 5.41) is 10.6. The molecule has 1 aromatic heterocycles. The van der Waals surface area contributed by atoms with E-state index in [2.05, 4.69) is 11.9 Å². The monoisotopic (exact) mass is 268 g/mol. The minimum Gasteiger partial charge on any atom is -0.258 e. The summed E-state index contributed by atoms with van der Waals surface area (Å²) in [5.74, 6) is 1.05. The fourth-order valence-corrected chi connectivity index (χ4v) is 3.63. The number of nitro groups is 1. The van der Waals surface area contributed by atoms with E-state index in [1.54, 1.807) is 23.9 Å². The third kappa shape index (κ3) is 2.95. The molecule has 2 aromatic rings. The lowest BCUT2D eigenvalue weighted by Crippen LogP contribution is -1.85. The summed E-state index contributed by atoms with van der Waals surface area (Å²) in [6.45, 7) is 2.16. The van der Waals surface area contributed by atoms with Gasteiger partial charge in [0, 0.05) is 17.9 Å². The summed E-state index contributed by atoms with van der Waals surface area (Å²) in [4.78, 5) is 14.7. The average Bonchev–Trinajstić information content (AvgIpc) is 2.70. The fourth-order valence-electron chi connectivity index (χ4n) is 1.37. The predicted octanol–water partition coefficient (Wildman–Crippen LogP) is 4.10. The number of fused-ring (bicyclic) bond motifs is 1. The molecule has 0 atom stereocenters. The second kappa shape index (κ2) is 5.46. The van der Waals surface area contributed by atoms with Crippen LogP contribution in [0.3, 0.4) is 0 Å². The second-order valence-electron chi connectivity index (χ2n) is 3.59. The van der Waals surface area contributed by atoms with E-state index in [9.17, 15) is 10.1 Å². The van der Waals surface area contributed by atoms with Gasteiger partial charge in [-0.25, -0.2) is 4.98 Å². The molecule has 0 saturated carbocycles. The summed E-state index contributed by atoms with van der Waals surface area (Å²) in [6, 6.07) is 4.81. The van der Waals surface area contributed by atoms with Crippen molar-refractivity contribution >= 4 is 39.0 Å². The Morgan fingerprint density at radius 3 is 3.06 bits per heavy atom. The Morgan fingerprint density at radius 2 is 2.35 bits per heavy atom. The Hall–Kier alpha value is -1.14. The van der Waals surface area contributed by atoms with Gasteiger partial charge in [-0.05, 0) is 12.5 Å². The highest BCUT2D eigenvalue weighted by atomic mass is 32.2. The molecule has 6 heteroatoms. The molecule has 1 aromatic carbocycles. The Bertz CT molecular complexity index is 539. The van der Waals surface area contributed by atoms with Crippen molar-refractivity contribution in [2.45, 2.75) is 24.1 Å². The zero-order valence-electron chi connectivity index (χ0n) is 9.38. The second-order valence-corrected chi connectivity index (χ2v) is 5.96. The van der Waals surface area contributed by atoms with Crippen molar-refractivity contribution in [3.8, 4) is 0 Å². The summed E-state index contributed by atoms with van der Waals surface area (Å²) >= 11 is 3.25. The van der Waals surface area contributed by atoms with Gasteiger partial charge in [-0.3, -0.25) is 10.1 Å². The van der Waals surface area contributed by atoms with Crippen molar-refractivity contribution < 1.29 is 4.92 Å². The smallest absolute Gasteiger partial charge is 0.258 e. The normalized spacial score (nSPS) is 10.9. The number of hydrogen-bond acceptors (Lipinski definition) is 5. The molecule has 4 nitrogen and oxygen atoms in total. The van der Waals surface area contributed by atoms with Gasteiger partial charge in [0.1, 0.15) is 0 Å². The number of rotatable bonds is 5. The maximum Gasteiger partial charge on any atom is 0.270 e. The van der Waals surface area contributed by atoms with Crippen LogP contribution in [0.25, 0.3) is 10.2 Å². The minimum absolute atomic E-state index is 0.131. The van der Waals surface area contributed by atoms with Crippen LogP contribution < -0.4 is 0 Å². The van der Waals surface area contributed by atoms with Crippen molar-refractivity contribution in [2.75, 3.05) is 5.75 Å². The van der Waals surface area contributed by atoms with Gasteiger partial charge in [0.2, 0.25) is 0 Å². The van der Waals surface area contributed by atoms with Gasteiger partial charge in [-0.15, -0.1) is 11.3 Å². The molecule has 0 aliphatic carbocycles. The molecule has 0 aliphatic heterocycles. The number of non-ortho nitro benzene ring substituents is 1. The van der Waals surface area contributed by atoms with E-state index < -0.39 is 0 Å². The minimum atomic E-state index is -0.372. The number of hydrogen-bond donors (Lipinski definition) is 0. The van der Waals surface area contributed by atoms with Crippen LogP contribution in [0, 0.1) is 10.1 Å². The average molecular weight is 268 g/mol. The molecule has 17 heavy (non-hydrogen) atoms. The third-order valence-corrected chi connectivity index (χ3v) is 4.53. The SMILES string of the molecule is CCCCSc1nc2ccc([N+](=O)[O-])cc2s1. The molecule has 0 aliphatic rings. The lowest BCUT2D eigenvalue weighted by molar-refractivity contribution is -0.384. The first-order chi connectivity index (χ1) is 8.20. The largest absolute Gasteiger partial charge is 0.270 e. The molecule has 1 heterocycles. The molecule has 0 radical (unpaired) electrons. The van der Waals surface area contributed by atoms with Crippen LogP contribution in [-0.4, -0.2) is 15.7 Å². The summed E-state index contributed by atoms with van der Waals surface area (Å²) in [5.41, 5.74) is 0.978. The topological polar surface area (TPSA) is 56.0 Å². The van der Waals surface area contributed by atoms with Crippen LogP contribution in [0.2, 0.25) is 0 Å². The molecular formula is C11H12N2O2S2. The first-order valence-electron chi connectivity index (χ1n) is 5.38. The summed E-state index contributed by atoms with van der Waals surface area (Å²) in [6.07, 6.45) is 2.34. The van der Waals surface area contributed by atoms with Crippen molar-refractivity contribution in [3.05, 3.63) is 28.3 Å². The van der Waals surface area contributed by atoms with Crippen LogP contribution >= 0.6 is 23.1 Å².